The van der Waals surface area contributed by atoms with Crippen molar-refractivity contribution in [3.63, 3.8) is 0 Å². The first kappa shape index (κ1) is 13.9. The summed E-state index contributed by atoms with van der Waals surface area (Å²) >= 11 is 0. The molecule has 1 heterocycles. The van der Waals surface area contributed by atoms with Gasteiger partial charge in [0.15, 0.2) is 0 Å². The predicted octanol–water partition coefficient (Wildman–Crippen LogP) is 2.79. The van der Waals surface area contributed by atoms with E-state index in [0.29, 0.717) is 11.5 Å². The van der Waals surface area contributed by atoms with E-state index in [0.717, 1.165) is 31.6 Å². The van der Waals surface area contributed by atoms with Gasteiger partial charge in [-0.2, -0.15) is 5.26 Å². The Morgan fingerprint density at radius 1 is 1.47 bits per heavy atom. The van der Waals surface area contributed by atoms with E-state index in [2.05, 4.69) is 30.9 Å². The summed E-state index contributed by atoms with van der Waals surface area (Å²) in [5, 5.41) is 18.2. The number of hydrogen-bond donors (Lipinski definition) is 1. The summed E-state index contributed by atoms with van der Waals surface area (Å²) in [7, 11) is 0. The molecule has 3 heteroatoms. The number of hydrogen-bond acceptors (Lipinski definition) is 3. The molecule has 1 aliphatic rings. The molecule has 0 bridgehead atoms. The van der Waals surface area contributed by atoms with Crippen molar-refractivity contribution in [2.75, 3.05) is 24.6 Å². The molecule has 0 spiro atoms. The molecule has 1 aromatic carbocycles. The second-order valence-electron chi connectivity index (χ2n) is 6.06. The number of rotatable bonds is 3. The first-order valence-corrected chi connectivity index (χ1v) is 6.93. The van der Waals surface area contributed by atoms with Crippen LogP contribution in [-0.2, 0) is 0 Å². The fourth-order valence-electron chi connectivity index (χ4n) is 2.88. The molecule has 2 rings (SSSR count). The zero-order chi connectivity index (χ0) is 13.9. The van der Waals surface area contributed by atoms with E-state index in [1.54, 1.807) is 0 Å². The molecule has 1 saturated heterocycles. The fraction of sp³-hybridized carbons (Fsp3) is 0.562. The van der Waals surface area contributed by atoms with Gasteiger partial charge in [0, 0.05) is 25.4 Å². The Labute approximate surface area is 115 Å². The minimum atomic E-state index is 0.250. The standard InChI is InChI=1S/C16H22N2O/c1-16(2)7-8-18(12-14(16)6-9-19)15-5-3-4-13(10-15)11-17/h3-5,10,14,19H,6-9,12H2,1-2H3. The van der Waals surface area contributed by atoms with Gasteiger partial charge >= 0.3 is 0 Å². The van der Waals surface area contributed by atoms with Crippen molar-refractivity contribution in [2.45, 2.75) is 26.7 Å². The van der Waals surface area contributed by atoms with E-state index in [4.69, 9.17) is 5.26 Å². The van der Waals surface area contributed by atoms with Crippen LogP contribution in [0.25, 0.3) is 0 Å². The maximum atomic E-state index is 9.23. The van der Waals surface area contributed by atoms with E-state index in [-0.39, 0.29) is 12.0 Å². The van der Waals surface area contributed by atoms with Crippen LogP contribution in [-0.4, -0.2) is 24.8 Å². The number of aliphatic hydroxyl groups is 1. The first-order chi connectivity index (χ1) is 9.06. The molecular formula is C16H22N2O. The number of nitriles is 1. The van der Waals surface area contributed by atoms with Crippen molar-refractivity contribution in [3.05, 3.63) is 29.8 Å². The Hall–Kier alpha value is -1.53. The number of piperidine rings is 1. The maximum Gasteiger partial charge on any atom is 0.0992 e. The zero-order valence-electron chi connectivity index (χ0n) is 11.8. The van der Waals surface area contributed by atoms with Crippen molar-refractivity contribution in [1.82, 2.24) is 0 Å². The average molecular weight is 258 g/mol. The quantitative estimate of drug-likeness (QED) is 0.907. The Morgan fingerprint density at radius 3 is 2.95 bits per heavy atom. The van der Waals surface area contributed by atoms with Crippen molar-refractivity contribution >= 4 is 5.69 Å². The molecule has 1 unspecified atom stereocenters. The summed E-state index contributed by atoms with van der Waals surface area (Å²) < 4.78 is 0. The number of aliphatic hydroxyl groups excluding tert-OH is 1. The monoisotopic (exact) mass is 258 g/mol. The summed E-state index contributed by atoms with van der Waals surface area (Å²) in [4.78, 5) is 2.34. The van der Waals surface area contributed by atoms with Crippen LogP contribution >= 0.6 is 0 Å². The summed E-state index contributed by atoms with van der Waals surface area (Å²) in [5.74, 6) is 0.497. The minimum Gasteiger partial charge on any atom is -0.396 e. The highest BCUT2D eigenvalue weighted by molar-refractivity contribution is 5.51. The van der Waals surface area contributed by atoms with Crippen LogP contribution in [0.1, 0.15) is 32.3 Å². The molecule has 0 saturated carbocycles. The smallest absolute Gasteiger partial charge is 0.0992 e. The second kappa shape index (κ2) is 5.63. The Kier molecular flexibility index (Phi) is 4.11. The van der Waals surface area contributed by atoms with Crippen LogP contribution in [0.5, 0.6) is 0 Å². The summed E-state index contributed by atoms with van der Waals surface area (Å²) in [6.45, 7) is 6.80. The van der Waals surface area contributed by atoms with Crippen LogP contribution in [0, 0.1) is 22.7 Å². The van der Waals surface area contributed by atoms with Gasteiger partial charge in [-0.1, -0.05) is 19.9 Å². The largest absolute Gasteiger partial charge is 0.396 e. The topological polar surface area (TPSA) is 47.3 Å². The van der Waals surface area contributed by atoms with E-state index in [1.165, 1.54) is 0 Å². The van der Waals surface area contributed by atoms with Gasteiger partial charge in [-0.15, -0.1) is 0 Å². The molecule has 0 aliphatic carbocycles. The summed E-state index contributed by atoms with van der Waals surface area (Å²) in [5.41, 5.74) is 2.12. The SMILES string of the molecule is CC1(C)CCN(c2cccc(C#N)c2)CC1CCO. The molecule has 0 amide bonds. The highest BCUT2D eigenvalue weighted by atomic mass is 16.3. The summed E-state index contributed by atoms with van der Waals surface area (Å²) in [6.07, 6.45) is 1.97. The lowest BCUT2D eigenvalue weighted by molar-refractivity contribution is 0.132. The lowest BCUT2D eigenvalue weighted by Crippen LogP contribution is -2.45. The lowest BCUT2D eigenvalue weighted by atomic mass is 9.72. The lowest BCUT2D eigenvalue weighted by Gasteiger charge is -2.45. The van der Waals surface area contributed by atoms with Gasteiger partial charge in [-0.05, 0) is 42.4 Å². The van der Waals surface area contributed by atoms with Crippen LogP contribution in [0.4, 0.5) is 5.69 Å². The number of nitrogens with zero attached hydrogens (tertiary/aromatic N) is 2. The third-order valence-electron chi connectivity index (χ3n) is 4.39. The van der Waals surface area contributed by atoms with Crippen molar-refractivity contribution in [3.8, 4) is 6.07 Å². The van der Waals surface area contributed by atoms with Gasteiger partial charge in [0.25, 0.3) is 0 Å². The van der Waals surface area contributed by atoms with E-state index in [1.807, 2.05) is 18.2 Å². The zero-order valence-corrected chi connectivity index (χ0v) is 11.8. The van der Waals surface area contributed by atoms with Gasteiger partial charge in [0.1, 0.15) is 0 Å². The van der Waals surface area contributed by atoms with Crippen LogP contribution in [0.15, 0.2) is 24.3 Å². The molecule has 0 radical (unpaired) electrons. The van der Waals surface area contributed by atoms with Gasteiger partial charge in [0.2, 0.25) is 0 Å². The normalized spacial score (nSPS) is 22.0. The van der Waals surface area contributed by atoms with Gasteiger partial charge < -0.3 is 10.0 Å². The van der Waals surface area contributed by atoms with Crippen molar-refractivity contribution < 1.29 is 5.11 Å². The molecule has 1 aliphatic heterocycles. The molecule has 102 valence electrons. The van der Waals surface area contributed by atoms with E-state index in [9.17, 15) is 5.11 Å². The van der Waals surface area contributed by atoms with Crippen molar-refractivity contribution in [1.29, 1.82) is 5.26 Å². The third-order valence-corrected chi connectivity index (χ3v) is 4.39. The average Bonchev–Trinajstić information content (AvgIpc) is 2.41. The Morgan fingerprint density at radius 2 is 2.26 bits per heavy atom. The first-order valence-electron chi connectivity index (χ1n) is 6.93. The molecule has 1 atom stereocenters. The Balaban J connectivity index is 2.16. The number of benzene rings is 1. The Bertz CT molecular complexity index is 476. The molecule has 3 nitrogen and oxygen atoms in total. The molecule has 1 fully saturated rings. The maximum absolute atomic E-state index is 9.23. The molecule has 1 aromatic rings. The molecule has 0 aromatic heterocycles. The summed E-state index contributed by atoms with van der Waals surface area (Å²) in [6, 6.07) is 9.98. The number of anilines is 1. The fourth-order valence-corrected chi connectivity index (χ4v) is 2.88. The van der Waals surface area contributed by atoms with Gasteiger partial charge in [-0.25, -0.2) is 0 Å². The predicted molar refractivity (Wildman–Crippen MR) is 77.0 cm³/mol. The van der Waals surface area contributed by atoms with E-state index >= 15 is 0 Å². The van der Waals surface area contributed by atoms with Crippen LogP contribution in [0.2, 0.25) is 0 Å². The highest BCUT2D eigenvalue weighted by Crippen LogP contribution is 2.38. The second-order valence-corrected chi connectivity index (χ2v) is 6.06. The van der Waals surface area contributed by atoms with Crippen molar-refractivity contribution in [2.24, 2.45) is 11.3 Å². The molecule has 19 heavy (non-hydrogen) atoms. The third kappa shape index (κ3) is 3.08. The highest BCUT2D eigenvalue weighted by Gasteiger charge is 2.35. The molecule has 1 N–H and O–H groups in total. The van der Waals surface area contributed by atoms with E-state index < -0.39 is 0 Å². The minimum absolute atomic E-state index is 0.250. The van der Waals surface area contributed by atoms with Gasteiger partial charge in [-0.3, -0.25) is 0 Å². The molecular weight excluding hydrogens is 236 g/mol. The van der Waals surface area contributed by atoms with Crippen LogP contribution < -0.4 is 4.90 Å². The van der Waals surface area contributed by atoms with Crippen LogP contribution in [0.3, 0.4) is 0 Å². The van der Waals surface area contributed by atoms with Gasteiger partial charge in [0.05, 0.1) is 11.6 Å².